The Morgan fingerprint density at radius 1 is 1.50 bits per heavy atom. The van der Waals surface area contributed by atoms with Crippen LogP contribution in [0.15, 0.2) is 10.3 Å². The van der Waals surface area contributed by atoms with Crippen LogP contribution in [0.1, 0.15) is 17.3 Å². The van der Waals surface area contributed by atoms with E-state index in [4.69, 9.17) is 16.4 Å². The molecule has 0 saturated carbocycles. The molecule has 0 aliphatic heterocycles. The third-order valence-corrected chi connectivity index (χ3v) is 4.63. The van der Waals surface area contributed by atoms with E-state index in [0.717, 1.165) is 6.07 Å². The summed E-state index contributed by atoms with van der Waals surface area (Å²) in [5, 5.41) is 2.37. The van der Waals surface area contributed by atoms with E-state index in [1.807, 2.05) is 0 Å². The predicted octanol–water partition coefficient (Wildman–Crippen LogP) is 0.733. The Kier molecular flexibility index (Phi) is 3.56. The molecule has 0 saturated heterocycles. The van der Waals surface area contributed by atoms with Crippen molar-refractivity contribution in [3.63, 3.8) is 0 Å². The molecule has 1 aromatic rings. The molecule has 1 rings (SSSR count). The summed E-state index contributed by atoms with van der Waals surface area (Å²) in [4.78, 5) is 21.8. The van der Waals surface area contributed by atoms with Crippen LogP contribution in [0.5, 0.6) is 0 Å². The van der Waals surface area contributed by atoms with E-state index in [9.17, 15) is 18.0 Å². The summed E-state index contributed by atoms with van der Waals surface area (Å²) in [6.45, 7) is 1.22. The van der Waals surface area contributed by atoms with Gasteiger partial charge in [-0.1, -0.05) is 0 Å². The number of nitrogens with one attached hydrogen (secondary N) is 1. The van der Waals surface area contributed by atoms with Gasteiger partial charge in [-0.25, -0.2) is 8.42 Å². The number of hydrogen-bond acceptors (Lipinski definition) is 5. The second-order valence-corrected chi connectivity index (χ2v) is 6.64. The fourth-order valence-electron chi connectivity index (χ4n) is 0.924. The van der Waals surface area contributed by atoms with Crippen molar-refractivity contribution in [3.8, 4) is 0 Å². The summed E-state index contributed by atoms with van der Waals surface area (Å²) in [5.41, 5.74) is 4.94. The quantitative estimate of drug-likeness (QED) is 0.797. The topological polar surface area (TPSA) is 106 Å². The van der Waals surface area contributed by atoms with Crippen LogP contribution in [-0.4, -0.2) is 20.2 Å². The Bertz CT molecular complexity index is 549. The lowest BCUT2D eigenvalue weighted by atomic mass is 10.3. The van der Waals surface area contributed by atoms with Gasteiger partial charge in [0.05, 0.1) is 5.56 Å². The van der Waals surface area contributed by atoms with E-state index < -0.39 is 20.9 Å². The highest BCUT2D eigenvalue weighted by Crippen LogP contribution is 2.32. The minimum atomic E-state index is -3.94. The van der Waals surface area contributed by atoms with Crippen molar-refractivity contribution in [1.82, 2.24) is 0 Å². The van der Waals surface area contributed by atoms with Crippen molar-refractivity contribution in [2.75, 3.05) is 5.32 Å². The highest BCUT2D eigenvalue weighted by atomic mass is 35.7. The molecule has 9 heteroatoms. The fourth-order valence-corrected chi connectivity index (χ4v) is 3.09. The second kappa shape index (κ2) is 4.40. The maximum atomic E-state index is 11.0. The Balaban J connectivity index is 3.31. The van der Waals surface area contributed by atoms with Crippen LogP contribution in [0, 0.1) is 0 Å². The fraction of sp³-hybridized carbons (Fsp3) is 0.143. The zero-order chi connectivity index (χ0) is 12.5. The summed E-state index contributed by atoms with van der Waals surface area (Å²) in [7, 11) is 1.16. The zero-order valence-electron chi connectivity index (χ0n) is 7.98. The number of primary amides is 1. The molecule has 0 fully saturated rings. The highest BCUT2D eigenvalue weighted by Gasteiger charge is 2.21. The highest BCUT2D eigenvalue weighted by molar-refractivity contribution is 8.15. The van der Waals surface area contributed by atoms with E-state index in [-0.39, 0.29) is 14.8 Å². The normalized spacial score (nSPS) is 11.1. The number of amides is 2. The Morgan fingerprint density at radius 2 is 2.06 bits per heavy atom. The lowest BCUT2D eigenvalue weighted by Crippen LogP contribution is -2.14. The maximum Gasteiger partial charge on any atom is 0.270 e. The summed E-state index contributed by atoms with van der Waals surface area (Å²) >= 11 is 0.670. The largest absolute Gasteiger partial charge is 0.366 e. The molecule has 1 aromatic heterocycles. The van der Waals surface area contributed by atoms with Gasteiger partial charge in [-0.2, -0.15) is 0 Å². The van der Waals surface area contributed by atoms with Crippen LogP contribution in [-0.2, 0) is 13.8 Å². The summed E-state index contributed by atoms with van der Waals surface area (Å²) in [6.07, 6.45) is 0. The second-order valence-electron chi connectivity index (χ2n) is 2.79. The number of nitrogens with two attached hydrogens (primary N) is 1. The molecule has 0 aliphatic carbocycles. The first-order valence-corrected chi connectivity index (χ1v) is 7.00. The minimum absolute atomic E-state index is 0.0687. The monoisotopic (exact) mass is 282 g/mol. The third kappa shape index (κ3) is 2.94. The first-order valence-electron chi connectivity index (χ1n) is 3.87. The Morgan fingerprint density at radius 3 is 2.44 bits per heavy atom. The molecule has 6 nitrogen and oxygen atoms in total. The van der Waals surface area contributed by atoms with Gasteiger partial charge in [0.25, 0.3) is 15.0 Å². The van der Waals surface area contributed by atoms with Gasteiger partial charge in [-0.15, -0.1) is 11.3 Å². The lowest BCUT2D eigenvalue weighted by molar-refractivity contribution is -0.114. The maximum absolute atomic E-state index is 11.0. The molecule has 0 bridgehead atoms. The van der Waals surface area contributed by atoms with Crippen molar-refractivity contribution in [3.05, 3.63) is 11.6 Å². The van der Waals surface area contributed by atoms with E-state index in [1.165, 1.54) is 6.92 Å². The van der Waals surface area contributed by atoms with Crippen LogP contribution in [0.25, 0.3) is 0 Å². The van der Waals surface area contributed by atoms with E-state index in [0.29, 0.717) is 11.3 Å². The summed E-state index contributed by atoms with van der Waals surface area (Å²) < 4.78 is 21.8. The Hall–Kier alpha value is -1.12. The summed E-state index contributed by atoms with van der Waals surface area (Å²) in [6, 6.07) is 1.03. The van der Waals surface area contributed by atoms with Crippen LogP contribution >= 0.6 is 22.0 Å². The van der Waals surface area contributed by atoms with E-state index >= 15 is 0 Å². The van der Waals surface area contributed by atoms with Crippen molar-refractivity contribution in [1.29, 1.82) is 0 Å². The van der Waals surface area contributed by atoms with Gasteiger partial charge in [0, 0.05) is 17.6 Å². The van der Waals surface area contributed by atoms with Crippen molar-refractivity contribution >= 4 is 47.9 Å². The summed E-state index contributed by atoms with van der Waals surface area (Å²) in [5.74, 6) is -1.28. The number of halogens is 1. The van der Waals surface area contributed by atoms with Gasteiger partial charge in [0.1, 0.15) is 9.21 Å². The molecule has 88 valence electrons. The minimum Gasteiger partial charge on any atom is -0.366 e. The predicted molar refractivity (Wildman–Crippen MR) is 60.2 cm³/mol. The SMILES string of the molecule is CC(=O)Nc1sc(S(=O)(=O)Cl)cc1C(N)=O. The molecule has 1 heterocycles. The molecular formula is C7H7ClN2O4S2. The van der Waals surface area contributed by atoms with Gasteiger partial charge in [0.15, 0.2) is 0 Å². The molecule has 16 heavy (non-hydrogen) atoms. The number of hydrogen-bond donors (Lipinski definition) is 2. The first kappa shape index (κ1) is 12.9. The van der Waals surface area contributed by atoms with Crippen LogP contribution in [0.3, 0.4) is 0 Å². The number of rotatable bonds is 3. The average molecular weight is 283 g/mol. The lowest BCUT2D eigenvalue weighted by Gasteiger charge is -1.98. The first-order chi connectivity index (χ1) is 7.21. The van der Waals surface area contributed by atoms with E-state index in [1.54, 1.807) is 0 Å². The molecule has 0 aromatic carbocycles. The molecule has 0 radical (unpaired) electrons. The van der Waals surface area contributed by atoms with E-state index in [2.05, 4.69) is 5.32 Å². The van der Waals surface area contributed by atoms with Crippen molar-refractivity contribution in [2.24, 2.45) is 5.73 Å². The number of carbonyl (C=O) groups excluding carboxylic acids is 2. The van der Waals surface area contributed by atoms with Gasteiger partial charge < -0.3 is 11.1 Å². The van der Waals surface area contributed by atoms with Crippen LogP contribution < -0.4 is 11.1 Å². The van der Waals surface area contributed by atoms with Crippen LogP contribution in [0.4, 0.5) is 5.00 Å². The van der Waals surface area contributed by atoms with Gasteiger partial charge >= 0.3 is 0 Å². The standard InChI is InChI=1S/C7H7ClN2O4S2/c1-3(11)10-7-4(6(9)12)2-5(15-7)16(8,13)14/h2H,1H3,(H2,9,12)(H,10,11). The Labute approximate surface area is 99.8 Å². The third-order valence-electron chi connectivity index (χ3n) is 1.50. The smallest absolute Gasteiger partial charge is 0.270 e. The van der Waals surface area contributed by atoms with Crippen molar-refractivity contribution in [2.45, 2.75) is 11.1 Å². The number of carbonyl (C=O) groups is 2. The molecule has 0 atom stereocenters. The van der Waals surface area contributed by atoms with Crippen LogP contribution in [0.2, 0.25) is 0 Å². The zero-order valence-corrected chi connectivity index (χ0v) is 10.4. The number of anilines is 1. The molecular weight excluding hydrogens is 276 g/mol. The molecule has 0 spiro atoms. The van der Waals surface area contributed by atoms with Gasteiger partial charge in [-0.05, 0) is 6.07 Å². The average Bonchev–Trinajstić information content (AvgIpc) is 2.45. The molecule has 0 aliphatic rings. The van der Waals surface area contributed by atoms with Crippen molar-refractivity contribution < 1.29 is 18.0 Å². The molecule has 0 unspecified atom stereocenters. The van der Waals surface area contributed by atoms with Gasteiger partial charge in [0.2, 0.25) is 5.91 Å². The molecule has 3 N–H and O–H groups in total. The number of thiophene rings is 1. The molecule has 2 amide bonds. The van der Waals surface area contributed by atoms with Gasteiger partial charge in [-0.3, -0.25) is 9.59 Å².